The van der Waals surface area contributed by atoms with Crippen molar-refractivity contribution in [2.24, 2.45) is 5.92 Å². The van der Waals surface area contributed by atoms with Crippen molar-refractivity contribution in [3.8, 4) is 0 Å². The molecule has 1 aromatic carbocycles. The molecule has 0 aliphatic rings. The predicted molar refractivity (Wildman–Crippen MR) is 105 cm³/mol. The lowest BCUT2D eigenvalue weighted by Gasteiger charge is -2.45. The van der Waals surface area contributed by atoms with E-state index in [4.69, 9.17) is 4.43 Å². The summed E-state index contributed by atoms with van der Waals surface area (Å²) in [7, 11) is -0.381. The standard InChI is InChI=1S/C20H35NO2Si/c1-14(2)24(15(3)4,16(5)6)23-19(17(7)20(22)21-8)18-12-10-9-11-13-18/h9-17,19H,1-8H3,(H,21,22)/t17-,19+/m1/s1. The van der Waals surface area contributed by atoms with Crippen LogP contribution in [-0.4, -0.2) is 21.3 Å². The summed E-state index contributed by atoms with van der Waals surface area (Å²) in [6.07, 6.45) is -0.204. The van der Waals surface area contributed by atoms with Crippen molar-refractivity contribution in [1.82, 2.24) is 5.32 Å². The van der Waals surface area contributed by atoms with Gasteiger partial charge >= 0.3 is 0 Å². The average molecular weight is 350 g/mol. The lowest BCUT2D eigenvalue weighted by Crippen LogP contribution is -2.50. The Hall–Kier alpha value is -1.13. The molecule has 3 nitrogen and oxygen atoms in total. The molecule has 4 heteroatoms. The molecular formula is C20H35NO2Si. The third kappa shape index (κ3) is 4.28. The molecule has 0 aliphatic carbocycles. The molecule has 136 valence electrons. The van der Waals surface area contributed by atoms with Gasteiger partial charge in [-0.2, -0.15) is 0 Å². The van der Waals surface area contributed by atoms with Crippen molar-refractivity contribution in [3.63, 3.8) is 0 Å². The summed E-state index contributed by atoms with van der Waals surface area (Å²) in [4.78, 5) is 12.3. The Bertz CT molecular complexity index is 492. The highest BCUT2D eigenvalue weighted by Gasteiger charge is 2.48. The molecule has 0 spiro atoms. The molecule has 0 saturated carbocycles. The lowest BCUT2D eigenvalue weighted by atomic mass is 9.97. The molecule has 0 radical (unpaired) electrons. The number of hydrogen-bond donors (Lipinski definition) is 1. The molecule has 0 aliphatic heterocycles. The maximum absolute atomic E-state index is 12.3. The number of carbonyl (C=O) groups excluding carboxylic acids is 1. The number of amides is 1. The number of benzene rings is 1. The van der Waals surface area contributed by atoms with E-state index >= 15 is 0 Å². The summed E-state index contributed by atoms with van der Waals surface area (Å²) in [5.74, 6) is -0.191. The van der Waals surface area contributed by atoms with Crippen LogP contribution in [0.1, 0.15) is 60.1 Å². The largest absolute Gasteiger partial charge is 0.408 e. The van der Waals surface area contributed by atoms with E-state index in [1.807, 2.05) is 25.1 Å². The van der Waals surface area contributed by atoms with Gasteiger partial charge in [-0.1, -0.05) is 78.8 Å². The van der Waals surface area contributed by atoms with Gasteiger partial charge in [0.25, 0.3) is 0 Å². The zero-order chi connectivity index (χ0) is 18.5. The second-order valence-corrected chi connectivity index (χ2v) is 13.1. The summed E-state index contributed by atoms with van der Waals surface area (Å²) in [6.45, 7) is 15.6. The van der Waals surface area contributed by atoms with Gasteiger partial charge in [0.15, 0.2) is 0 Å². The topological polar surface area (TPSA) is 38.3 Å². The molecule has 0 unspecified atom stereocenters. The fourth-order valence-electron chi connectivity index (χ4n) is 4.09. The Morgan fingerprint density at radius 3 is 1.75 bits per heavy atom. The summed E-state index contributed by atoms with van der Waals surface area (Å²) in [5, 5.41) is 2.78. The minimum atomic E-state index is -2.07. The van der Waals surface area contributed by atoms with Crippen LogP contribution >= 0.6 is 0 Å². The molecular weight excluding hydrogens is 314 g/mol. The van der Waals surface area contributed by atoms with Crippen LogP contribution in [0.4, 0.5) is 0 Å². The highest BCUT2D eigenvalue weighted by Crippen LogP contribution is 2.46. The van der Waals surface area contributed by atoms with Crippen molar-refractivity contribution in [3.05, 3.63) is 35.9 Å². The molecule has 1 amide bonds. The minimum absolute atomic E-state index is 0.0306. The maximum Gasteiger partial charge on any atom is 0.225 e. The third-order valence-corrected chi connectivity index (χ3v) is 11.4. The van der Waals surface area contributed by atoms with Crippen LogP contribution in [0.15, 0.2) is 30.3 Å². The van der Waals surface area contributed by atoms with E-state index in [0.717, 1.165) is 5.56 Å². The quantitative estimate of drug-likeness (QED) is 0.647. The van der Waals surface area contributed by atoms with Gasteiger partial charge in [-0.15, -0.1) is 0 Å². The monoisotopic (exact) mass is 349 g/mol. The smallest absolute Gasteiger partial charge is 0.225 e. The first-order valence-corrected chi connectivity index (χ1v) is 11.3. The van der Waals surface area contributed by atoms with E-state index in [2.05, 4.69) is 59.0 Å². The maximum atomic E-state index is 12.3. The Kier molecular flexibility index (Phi) is 7.68. The molecule has 0 saturated heterocycles. The molecule has 0 aromatic heterocycles. The van der Waals surface area contributed by atoms with Gasteiger partial charge in [0.2, 0.25) is 14.2 Å². The third-order valence-electron chi connectivity index (χ3n) is 5.28. The SMILES string of the molecule is CNC(=O)[C@H](C)[C@H](O[Si](C(C)C)(C(C)C)C(C)C)c1ccccc1. The zero-order valence-electron chi connectivity index (χ0n) is 16.6. The van der Waals surface area contributed by atoms with Crippen molar-refractivity contribution in [2.45, 2.75) is 71.2 Å². The van der Waals surface area contributed by atoms with Crippen LogP contribution in [0.5, 0.6) is 0 Å². The van der Waals surface area contributed by atoms with Crippen LogP contribution in [-0.2, 0) is 9.22 Å². The molecule has 24 heavy (non-hydrogen) atoms. The van der Waals surface area contributed by atoms with E-state index in [0.29, 0.717) is 16.6 Å². The minimum Gasteiger partial charge on any atom is -0.408 e. The molecule has 0 fully saturated rings. The molecule has 2 atom stereocenters. The first-order chi connectivity index (χ1) is 11.2. The van der Waals surface area contributed by atoms with E-state index in [1.165, 1.54) is 0 Å². The van der Waals surface area contributed by atoms with Crippen LogP contribution in [0.3, 0.4) is 0 Å². The molecule has 0 bridgehead atoms. The molecule has 1 aromatic rings. The highest BCUT2D eigenvalue weighted by atomic mass is 28.4. The predicted octanol–water partition coefficient (Wildman–Crippen LogP) is 5.30. The molecule has 1 N–H and O–H groups in total. The van der Waals surface area contributed by atoms with Gasteiger partial charge in [-0.3, -0.25) is 4.79 Å². The highest BCUT2D eigenvalue weighted by molar-refractivity contribution is 6.77. The van der Waals surface area contributed by atoms with Gasteiger partial charge in [0.05, 0.1) is 12.0 Å². The number of hydrogen-bond acceptors (Lipinski definition) is 2. The molecule has 1 rings (SSSR count). The summed E-state index contributed by atoms with van der Waals surface area (Å²) >= 11 is 0. The second-order valence-electron chi connectivity index (χ2n) is 7.67. The normalized spacial score (nSPS) is 15.0. The summed E-state index contributed by atoms with van der Waals surface area (Å²) in [6, 6.07) is 10.2. The fraction of sp³-hybridized carbons (Fsp3) is 0.650. The van der Waals surface area contributed by atoms with Crippen LogP contribution in [0.2, 0.25) is 16.6 Å². The Morgan fingerprint density at radius 1 is 0.917 bits per heavy atom. The van der Waals surface area contributed by atoms with E-state index < -0.39 is 8.32 Å². The summed E-state index contributed by atoms with van der Waals surface area (Å²) < 4.78 is 6.97. The van der Waals surface area contributed by atoms with Gasteiger partial charge in [-0.25, -0.2) is 0 Å². The number of rotatable bonds is 8. The van der Waals surface area contributed by atoms with Gasteiger partial charge in [0.1, 0.15) is 0 Å². The molecule has 0 heterocycles. The van der Waals surface area contributed by atoms with Crippen LogP contribution < -0.4 is 5.32 Å². The van der Waals surface area contributed by atoms with Crippen molar-refractivity contribution >= 4 is 14.2 Å². The lowest BCUT2D eigenvalue weighted by molar-refractivity contribution is -0.127. The van der Waals surface area contributed by atoms with E-state index in [9.17, 15) is 4.79 Å². The van der Waals surface area contributed by atoms with E-state index in [-0.39, 0.29) is 17.9 Å². The summed E-state index contributed by atoms with van der Waals surface area (Å²) in [5.41, 5.74) is 2.55. The van der Waals surface area contributed by atoms with Gasteiger partial charge in [-0.05, 0) is 22.2 Å². The Labute approximate surface area is 149 Å². The van der Waals surface area contributed by atoms with Crippen molar-refractivity contribution < 1.29 is 9.22 Å². The first-order valence-electron chi connectivity index (χ1n) is 9.12. The fourth-order valence-corrected chi connectivity index (χ4v) is 9.69. The average Bonchev–Trinajstić information content (AvgIpc) is 2.54. The van der Waals surface area contributed by atoms with Gasteiger partial charge in [0, 0.05) is 7.05 Å². The number of nitrogens with one attached hydrogen (secondary N) is 1. The van der Waals surface area contributed by atoms with Gasteiger partial charge < -0.3 is 9.74 Å². The van der Waals surface area contributed by atoms with Crippen LogP contribution in [0.25, 0.3) is 0 Å². The van der Waals surface area contributed by atoms with Crippen LogP contribution in [0, 0.1) is 5.92 Å². The Morgan fingerprint density at radius 2 is 1.38 bits per heavy atom. The first kappa shape index (κ1) is 20.9. The van der Waals surface area contributed by atoms with Crippen molar-refractivity contribution in [2.75, 3.05) is 7.05 Å². The number of carbonyl (C=O) groups is 1. The van der Waals surface area contributed by atoms with E-state index in [1.54, 1.807) is 7.05 Å². The second kappa shape index (κ2) is 8.81. The zero-order valence-corrected chi connectivity index (χ0v) is 17.6. The Balaban J connectivity index is 3.35. The van der Waals surface area contributed by atoms with Crippen molar-refractivity contribution in [1.29, 1.82) is 0 Å².